The van der Waals surface area contributed by atoms with Gasteiger partial charge in [0.05, 0.1) is 16.8 Å². The van der Waals surface area contributed by atoms with E-state index >= 15 is 0 Å². The molecule has 0 radical (unpaired) electrons. The number of carbonyl (C=O) groups is 1. The van der Waals surface area contributed by atoms with Gasteiger partial charge in [0.1, 0.15) is 0 Å². The van der Waals surface area contributed by atoms with Gasteiger partial charge in [0.15, 0.2) is 5.78 Å². The Labute approximate surface area is 184 Å². The van der Waals surface area contributed by atoms with Crippen molar-refractivity contribution in [2.24, 2.45) is 0 Å². The Morgan fingerprint density at radius 3 is 2.03 bits per heavy atom. The average molecular weight is 414 g/mol. The van der Waals surface area contributed by atoms with Crippen LogP contribution in [0.2, 0.25) is 0 Å². The van der Waals surface area contributed by atoms with E-state index in [0.29, 0.717) is 11.1 Å². The minimum Gasteiger partial charge on any atom is -0.355 e. The van der Waals surface area contributed by atoms with E-state index in [9.17, 15) is 9.59 Å². The molecule has 4 aromatic carbocycles. The Morgan fingerprint density at radius 1 is 0.625 bits per heavy atom. The highest BCUT2D eigenvalue weighted by Gasteiger charge is 2.29. The maximum absolute atomic E-state index is 13.7. The van der Waals surface area contributed by atoms with Crippen molar-refractivity contribution in [1.82, 2.24) is 4.57 Å². The number of ketones is 1. The average Bonchev–Trinajstić information content (AvgIpc) is 2.84. The quantitative estimate of drug-likeness (QED) is 0.390. The smallest absolute Gasteiger partial charge is 0.256 e. The molecular formula is C28H18N2O2. The van der Waals surface area contributed by atoms with Gasteiger partial charge in [0.2, 0.25) is 0 Å². The van der Waals surface area contributed by atoms with Crippen LogP contribution in [0.15, 0.2) is 108 Å². The summed E-state index contributed by atoms with van der Waals surface area (Å²) in [6.07, 6.45) is 0. The minimum absolute atomic E-state index is 0.0459. The van der Waals surface area contributed by atoms with E-state index in [1.165, 1.54) is 0 Å². The second kappa shape index (κ2) is 7.06. The van der Waals surface area contributed by atoms with Crippen molar-refractivity contribution in [3.8, 4) is 16.8 Å². The third-order valence-electron chi connectivity index (χ3n) is 5.94. The predicted octanol–water partition coefficient (Wildman–Crippen LogP) is 5.95. The van der Waals surface area contributed by atoms with Gasteiger partial charge in [-0.15, -0.1) is 0 Å². The lowest BCUT2D eigenvalue weighted by atomic mass is 9.83. The summed E-state index contributed by atoms with van der Waals surface area (Å²) in [4.78, 5) is 27.0. The van der Waals surface area contributed by atoms with E-state index in [1.807, 2.05) is 97.1 Å². The Balaban J connectivity index is 1.73. The Bertz CT molecular complexity index is 1570. The fourth-order valence-corrected chi connectivity index (χ4v) is 4.55. The van der Waals surface area contributed by atoms with Crippen LogP contribution in [0, 0.1) is 0 Å². The molecule has 1 heterocycles. The topological polar surface area (TPSA) is 51.1 Å². The zero-order valence-corrected chi connectivity index (χ0v) is 17.1. The Hall–Kier alpha value is -4.44. The summed E-state index contributed by atoms with van der Waals surface area (Å²) >= 11 is 0. The lowest BCUT2D eigenvalue weighted by molar-refractivity contribution is 0.104. The standard InChI is InChI=1S/C28H18N2O2/c31-25-17-22-20-13-7-8-14-21(20)28(32)27-23(29-18-9-3-1-4-10-18)15-16-24(26(22)27)30(25)19-11-5-2-6-12-19/h1-17,29H. The maximum atomic E-state index is 13.7. The molecule has 6 rings (SSSR count). The molecule has 0 bridgehead atoms. The Kier molecular flexibility index (Phi) is 4.05. The van der Waals surface area contributed by atoms with Crippen molar-refractivity contribution >= 4 is 28.1 Å². The fourth-order valence-electron chi connectivity index (χ4n) is 4.55. The molecule has 0 unspecified atom stereocenters. The molecule has 1 N–H and O–H groups in total. The lowest BCUT2D eigenvalue weighted by Gasteiger charge is -2.24. The van der Waals surface area contributed by atoms with Crippen LogP contribution in [-0.2, 0) is 0 Å². The van der Waals surface area contributed by atoms with Gasteiger partial charge >= 0.3 is 0 Å². The van der Waals surface area contributed by atoms with Crippen molar-refractivity contribution in [2.45, 2.75) is 0 Å². The molecule has 0 saturated heterocycles. The van der Waals surface area contributed by atoms with Crippen LogP contribution in [-0.4, -0.2) is 10.4 Å². The molecule has 1 aliphatic rings. The summed E-state index contributed by atoms with van der Waals surface area (Å²) in [6.45, 7) is 0. The molecule has 0 aliphatic heterocycles. The van der Waals surface area contributed by atoms with Crippen LogP contribution < -0.4 is 10.9 Å². The van der Waals surface area contributed by atoms with Crippen molar-refractivity contribution in [1.29, 1.82) is 0 Å². The molecule has 1 aromatic heterocycles. The number of benzene rings is 4. The summed E-state index contributed by atoms with van der Waals surface area (Å²) in [6, 6.07) is 32.3. The van der Waals surface area contributed by atoms with Gasteiger partial charge in [0.25, 0.3) is 5.56 Å². The number of nitrogens with one attached hydrogen (secondary N) is 1. The summed E-state index contributed by atoms with van der Waals surface area (Å²) in [5.74, 6) is -0.0459. The van der Waals surface area contributed by atoms with Crippen molar-refractivity contribution in [3.63, 3.8) is 0 Å². The van der Waals surface area contributed by atoms with Gasteiger partial charge in [-0.3, -0.25) is 14.2 Å². The molecule has 32 heavy (non-hydrogen) atoms. The first-order valence-corrected chi connectivity index (χ1v) is 10.5. The van der Waals surface area contributed by atoms with Gasteiger partial charge in [-0.25, -0.2) is 0 Å². The van der Waals surface area contributed by atoms with Crippen LogP contribution in [0.1, 0.15) is 15.9 Å². The van der Waals surface area contributed by atoms with E-state index in [-0.39, 0.29) is 11.3 Å². The second-order valence-electron chi connectivity index (χ2n) is 7.82. The molecule has 152 valence electrons. The zero-order valence-electron chi connectivity index (χ0n) is 17.1. The number of aromatic nitrogens is 1. The highest BCUT2D eigenvalue weighted by Crippen LogP contribution is 2.42. The van der Waals surface area contributed by atoms with Crippen molar-refractivity contribution in [3.05, 3.63) is 125 Å². The zero-order chi connectivity index (χ0) is 21.7. The number of para-hydroxylation sites is 2. The number of nitrogens with zero attached hydrogens (tertiary/aromatic N) is 1. The number of rotatable bonds is 3. The number of hydrogen-bond donors (Lipinski definition) is 1. The molecule has 0 spiro atoms. The molecular weight excluding hydrogens is 396 g/mol. The van der Waals surface area contributed by atoms with E-state index in [2.05, 4.69) is 5.32 Å². The van der Waals surface area contributed by atoms with E-state index in [1.54, 1.807) is 10.6 Å². The normalized spacial score (nSPS) is 11.9. The highest BCUT2D eigenvalue weighted by atomic mass is 16.1. The highest BCUT2D eigenvalue weighted by molar-refractivity contribution is 6.28. The molecule has 4 nitrogen and oxygen atoms in total. The minimum atomic E-state index is -0.127. The van der Waals surface area contributed by atoms with Crippen LogP contribution in [0.3, 0.4) is 0 Å². The summed E-state index contributed by atoms with van der Waals surface area (Å²) < 4.78 is 1.68. The van der Waals surface area contributed by atoms with Crippen molar-refractivity contribution < 1.29 is 4.79 Å². The van der Waals surface area contributed by atoms with Gasteiger partial charge in [-0.1, -0.05) is 60.7 Å². The molecule has 0 saturated carbocycles. The second-order valence-corrected chi connectivity index (χ2v) is 7.82. The van der Waals surface area contributed by atoms with Crippen molar-refractivity contribution in [2.75, 3.05) is 5.32 Å². The van der Waals surface area contributed by atoms with Crippen LogP contribution in [0.25, 0.3) is 27.7 Å². The van der Waals surface area contributed by atoms with Gasteiger partial charge in [-0.05, 0) is 47.5 Å². The third-order valence-corrected chi connectivity index (χ3v) is 5.94. The molecule has 4 heteroatoms. The van der Waals surface area contributed by atoms with Gasteiger partial charge in [-0.2, -0.15) is 0 Å². The van der Waals surface area contributed by atoms with Gasteiger partial charge in [0, 0.05) is 28.4 Å². The largest absolute Gasteiger partial charge is 0.355 e. The maximum Gasteiger partial charge on any atom is 0.256 e. The van der Waals surface area contributed by atoms with E-state index in [0.717, 1.165) is 39.1 Å². The number of carbonyl (C=O) groups excluding carboxylic acids is 1. The number of pyridine rings is 1. The summed E-state index contributed by atoms with van der Waals surface area (Å²) in [7, 11) is 0. The molecule has 0 atom stereocenters. The SMILES string of the molecule is O=C1c2ccccc2-c2cc(=O)n(-c3ccccc3)c3ccc(Nc4ccccc4)c1c23. The fraction of sp³-hybridized carbons (Fsp3) is 0. The monoisotopic (exact) mass is 414 g/mol. The number of fused-ring (bicyclic) bond motifs is 2. The first kappa shape index (κ1) is 18.3. The van der Waals surface area contributed by atoms with E-state index in [4.69, 9.17) is 0 Å². The first-order chi connectivity index (χ1) is 15.7. The number of hydrogen-bond acceptors (Lipinski definition) is 3. The molecule has 5 aromatic rings. The lowest BCUT2D eigenvalue weighted by Crippen LogP contribution is -2.22. The number of anilines is 2. The molecule has 0 fully saturated rings. The van der Waals surface area contributed by atoms with Crippen LogP contribution >= 0.6 is 0 Å². The molecule has 1 aliphatic carbocycles. The first-order valence-electron chi connectivity index (χ1n) is 10.5. The predicted molar refractivity (Wildman–Crippen MR) is 128 cm³/mol. The van der Waals surface area contributed by atoms with Crippen LogP contribution in [0.5, 0.6) is 0 Å². The molecule has 0 amide bonds. The van der Waals surface area contributed by atoms with E-state index < -0.39 is 0 Å². The third kappa shape index (κ3) is 2.70. The summed E-state index contributed by atoms with van der Waals surface area (Å²) in [5.41, 5.74) is 5.77. The van der Waals surface area contributed by atoms with Crippen LogP contribution in [0.4, 0.5) is 11.4 Å². The Morgan fingerprint density at radius 2 is 1.28 bits per heavy atom. The van der Waals surface area contributed by atoms with Gasteiger partial charge < -0.3 is 5.32 Å². The summed E-state index contributed by atoms with van der Waals surface area (Å²) in [5, 5.41) is 4.19.